The van der Waals surface area contributed by atoms with Gasteiger partial charge in [0, 0.05) is 0 Å². The van der Waals surface area contributed by atoms with E-state index in [-0.39, 0.29) is 48.3 Å². The summed E-state index contributed by atoms with van der Waals surface area (Å²) in [5.41, 5.74) is 4.82. The number of hydrogen-bond donors (Lipinski definition) is 2. The molecule has 4 fully saturated rings. The first-order chi connectivity index (χ1) is 37.5. The van der Waals surface area contributed by atoms with Gasteiger partial charge in [-0.3, -0.25) is 0 Å². The molecule has 14 nitrogen and oxygen atoms in total. The standard InChI is InChI=1S/C64H74IN4O10/c1-35-21-45-49-23-37(3)63(55(74)33-76-39(5)70,61(49,9)29-53(72)57(45)59(7)27-41-31-66-68(51(41)25-47(35)59)43-17-13-11-14-18-43)78-65-79-64(56(75)34-77-40(6)71)38(4)24-50-46-22-36(2)48-26-52-42(32-67-69(52)44-19-15-12-16-20-44)28-60(48,8)58(46)54(73)30-62(50,64)10/h11-22,25-26,31-32,37-38,45-46,49-50,53-54,57-58,72-73H,23-24,27-30,33-34H2,1-10H3/q-1. The molecule has 0 spiro atoms. The molecule has 12 rings (SSSR count). The zero-order valence-electron chi connectivity index (χ0n) is 47.0. The number of carbonyl (C=O) groups is 4. The minimum atomic E-state index is -1.99. The van der Waals surface area contributed by atoms with Crippen molar-refractivity contribution in [3.63, 3.8) is 0 Å². The van der Waals surface area contributed by atoms with Crippen LogP contribution >= 0.6 is 0 Å². The predicted octanol–water partition coefficient (Wildman–Crippen LogP) is 6.58. The molecule has 8 aliphatic rings. The molecule has 4 saturated carbocycles. The fraction of sp³-hybridized carbons (Fsp3) is 0.531. The Labute approximate surface area is 474 Å². The topological polar surface area (TPSA) is 181 Å². The summed E-state index contributed by atoms with van der Waals surface area (Å²) in [6, 6.07) is 20.2. The first-order valence-electron chi connectivity index (χ1n) is 28.3. The van der Waals surface area contributed by atoms with Crippen LogP contribution in [0.3, 0.4) is 0 Å². The molecule has 2 heterocycles. The van der Waals surface area contributed by atoms with E-state index in [0.29, 0.717) is 25.7 Å². The third-order valence-electron chi connectivity index (χ3n) is 21.6. The SMILES string of the molecule is CC(=O)OCC(=O)C1(O[I-]OC2(C(=O)COC(C)=O)C(C)CC3C4C=C(C)C5=Cc6c(cnn6-c6ccccc6)CC5(C)C4C(O)CC32C)C(C)CC2C3C=C(C)C4=Cc5c(cnn5-c5ccccc5)CC4(C)C3C(O)CC21C. The number of esters is 2. The van der Waals surface area contributed by atoms with Gasteiger partial charge >= 0.3 is 416 Å². The van der Waals surface area contributed by atoms with Gasteiger partial charge in [-0.1, -0.05) is 36.4 Å². The van der Waals surface area contributed by atoms with Gasteiger partial charge in [0.1, 0.15) is 0 Å². The Hall–Kier alpha value is -5.33. The van der Waals surface area contributed by atoms with Crippen molar-refractivity contribution in [2.24, 2.45) is 69.0 Å². The van der Waals surface area contributed by atoms with Crippen LogP contribution in [0.15, 0.2) is 108 Å². The zero-order chi connectivity index (χ0) is 55.9. The molecule has 0 saturated heterocycles. The van der Waals surface area contributed by atoms with Crippen molar-refractivity contribution in [1.82, 2.24) is 19.6 Å². The van der Waals surface area contributed by atoms with Crippen LogP contribution in [0.4, 0.5) is 0 Å². The van der Waals surface area contributed by atoms with Gasteiger partial charge in [-0.25, -0.2) is 0 Å². The third kappa shape index (κ3) is 7.73. The van der Waals surface area contributed by atoms with Crippen LogP contribution < -0.4 is 22.0 Å². The number of nitrogens with zero attached hydrogens (tertiary/aromatic N) is 4. The van der Waals surface area contributed by atoms with Crippen molar-refractivity contribution in [3.05, 3.63) is 130 Å². The van der Waals surface area contributed by atoms with Crippen LogP contribution in [-0.4, -0.2) is 89.9 Å². The van der Waals surface area contributed by atoms with E-state index in [1.54, 1.807) is 0 Å². The molecule has 2 aromatic carbocycles. The summed E-state index contributed by atoms with van der Waals surface area (Å²) in [6.45, 7) is 18.5. The quantitative estimate of drug-likeness (QED) is 0.115. The van der Waals surface area contributed by atoms with Crippen molar-refractivity contribution in [2.45, 2.75) is 131 Å². The van der Waals surface area contributed by atoms with E-state index >= 15 is 9.59 Å². The molecular formula is C64H74IN4O10-. The van der Waals surface area contributed by atoms with E-state index in [9.17, 15) is 19.8 Å². The molecule has 79 heavy (non-hydrogen) atoms. The van der Waals surface area contributed by atoms with Gasteiger partial charge in [-0.05, 0) is 24.3 Å². The molecule has 4 aromatic rings. The Kier molecular flexibility index (Phi) is 13.1. The van der Waals surface area contributed by atoms with Crippen molar-refractivity contribution in [3.8, 4) is 11.4 Å². The average Bonchev–Trinajstić information content (AvgIpc) is 4.34. The normalized spacial score (nSPS) is 38.4. The Bertz CT molecular complexity index is 3090. The maximum absolute atomic E-state index is 15.4. The average molecular weight is 1190 g/mol. The number of aliphatic hydroxyl groups is 2. The second kappa shape index (κ2) is 19.1. The monoisotopic (exact) mass is 1190 g/mol. The van der Waals surface area contributed by atoms with Crippen LogP contribution in [0.5, 0.6) is 0 Å². The summed E-state index contributed by atoms with van der Waals surface area (Å²) >= 11 is -1.99. The number of para-hydroxylation sites is 2. The number of hydrogen-bond acceptors (Lipinski definition) is 12. The van der Waals surface area contributed by atoms with Gasteiger partial charge < -0.3 is 0 Å². The molecule has 0 aliphatic heterocycles. The number of allylic oxidation sites excluding steroid dienone is 6. The van der Waals surface area contributed by atoms with E-state index in [2.05, 4.69) is 65.8 Å². The molecule has 15 heteroatoms. The number of benzene rings is 2. The van der Waals surface area contributed by atoms with E-state index in [1.807, 2.05) is 96.3 Å². The third-order valence-corrected chi connectivity index (χ3v) is 23.4. The molecule has 0 radical (unpaired) electrons. The second-order valence-electron chi connectivity index (χ2n) is 25.8. The predicted molar refractivity (Wildman–Crippen MR) is 291 cm³/mol. The van der Waals surface area contributed by atoms with E-state index in [4.69, 9.17) is 25.8 Å². The fourth-order valence-electron chi connectivity index (χ4n) is 18.6. The minimum absolute atomic E-state index is 0.134. The van der Waals surface area contributed by atoms with Gasteiger partial charge in [0.2, 0.25) is 0 Å². The number of halogens is 1. The number of fused-ring (bicyclic) bond motifs is 12. The van der Waals surface area contributed by atoms with Gasteiger partial charge in [-0.15, -0.1) is 0 Å². The molecule has 2 N–H and O–H groups in total. The van der Waals surface area contributed by atoms with Crippen molar-refractivity contribution >= 4 is 35.7 Å². The number of ketones is 2. The Balaban J connectivity index is 0.889. The zero-order valence-corrected chi connectivity index (χ0v) is 49.2. The summed E-state index contributed by atoms with van der Waals surface area (Å²) in [6.07, 6.45) is 14.4. The number of aromatic nitrogens is 4. The fourth-order valence-corrected chi connectivity index (χ4v) is 21.6. The van der Waals surface area contributed by atoms with Gasteiger partial charge in [0.25, 0.3) is 0 Å². The summed E-state index contributed by atoms with van der Waals surface area (Å²) < 4.78 is 29.7. The maximum atomic E-state index is 15.4. The number of rotatable bonds is 12. The molecule has 16 atom stereocenters. The summed E-state index contributed by atoms with van der Waals surface area (Å²) in [5.74, 6) is -3.77. The van der Waals surface area contributed by atoms with Gasteiger partial charge in [-0.2, -0.15) is 0 Å². The number of aliphatic hydroxyl groups excluding tert-OH is 2. The van der Waals surface area contributed by atoms with E-state index in [1.165, 1.54) is 25.0 Å². The first kappa shape index (κ1) is 54.3. The van der Waals surface area contributed by atoms with Crippen LogP contribution in [0.1, 0.15) is 117 Å². The Morgan fingerprint density at radius 1 is 0.620 bits per heavy atom. The molecule has 0 bridgehead atoms. The first-order valence-corrected chi connectivity index (χ1v) is 30.1. The van der Waals surface area contributed by atoms with Crippen molar-refractivity contribution in [2.75, 3.05) is 13.2 Å². The second-order valence-corrected chi connectivity index (χ2v) is 27.0. The van der Waals surface area contributed by atoms with Crippen molar-refractivity contribution < 1.29 is 67.0 Å². The van der Waals surface area contributed by atoms with E-state index in [0.717, 1.165) is 45.0 Å². The van der Waals surface area contributed by atoms with Crippen LogP contribution in [0.2, 0.25) is 0 Å². The summed E-state index contributed by atoms with van der Waals surface area (Å²) in [5, 5.41) is 35.6. The number of Topliss-reactive ketones (excluding diaryl/α,β-unsaturated/α-hetero) is 2. The molecular weight excluding hydrogens is 1110 g/mol. The van der Waals surface area contributed by atoms with Gasteiger partial charge in [0.05, 0.1) is 0 Å². The van der Waals surface area contributed by atoms with Crippen molar-refractivity contribution in [1.29, 1.82) is 0 Å². The number of ether oxygens (including phenoxy) is 2. The molecule has 16 unspecified atom stereocenters. The van der Waals surface area contributed by atoms with E-state index < -0.39 is 116 Å². The van der Waals surface area contributed by atoms with Crippen LogP contribution in [0.25, 0.3) is 23.5 Å². The molecule has 8 aliphatic carbocycles. The summed E-state index contributed by atoms with van der Waals surface area (Å²) in [4.78, 5) is 55.8. The van der Waals surface area contributed by atoms with Crippen LogP contribution in [0, 0.1) is 69.0 Å². The van der Waals surface area contributed by atoms with Gasteiger partial charge in [0.15, 0.2) is 0 Å². The van der Waals surface area contributed by atoms with Crippen LogP contribution in [-0.2, 0) is 47.6 Å². The summed E-state index contributed by atoms with van der Waals surface area (Å²) in [7, 11) is 0. The molecule has 0 amide bonds. The molecule has 2 aromatic heterocycles. The Morgan fingerprint density at radius 3 is 1.37 bits per heavy atom. The number of carbonyl (C=O) groups excluding carboxylic acids is 4. The molecule has 418 valence electrons. The Morgan fingerprint density at radius 2 is 1.00 bits per heavy atom.